The van der Waals surface area contributed by atoms with Gasteiger partial charge in [0, 0.05) is 5.69 Å². The molecule has 0 bridgehead atoms. The van der Waals surface area contributed by atoms with Crippen molar-refractivity contribution in [2.45, 2.75) is 13.8 Å². The summed E-state index contributed by atoms with van der Waals surface area (Å²) in [6.45, 7) is 3.98. The maximum absolute atomic E-state index is 12.7. The Bertz CT molecular complexity index is 888. The van der Waals surface area contributed by atoms with Crippen LogP contribution < -0.4 is 15.0 Å². The number of benzene rings is 2. The van der Waals surface area contributed by atoms with Gasteiger partial charge in [0.2, 0.25) is 0 Å². The van der Waals surface area contributed by atoms with Gasteiger partial charge < -0.3 is 10.1 Å². The third kappa shape index (κ3) is 3.10. The molecule has 0 atom stereocenters. The van der Waals surface area contributed by atoms with E-state index in [9.17, 15) is 9.59 Å². The summed E-state index contributed by atoms with van der Waals surface area (Å²) >= 11 is 6.13. The Hall–Kier alpha value is -2.79. The number of hydrogen-bond donors (Lipinski definition) is 1. The molecule has 0 unspecified atom stereocenters. The van der Waals surface area contributed by atoms with Crippen LogP contribution in [0.1, 0.15) is 11.1 Å². The van der Waals surface area contributed by atoms with Crippen LogP contribution in [-0.4, -0.2) is 18.9 Å². The summed E-state index contributed by atoms with van der Waals surface area (Å²) in [5, 5.41) is 2.85. The van der Waals surface area contributed by atoms with Crippen LogP contribution in [0.15, 0.2) is 53.2 Å². The Balaban J connectivity index is 1.89. The molecule has 1 aliphatic rings. The Kier molecular flexibility index (Phi) is 4.51. The lowest BCUT2D eigenvalue weighted by Crippen LogP contribution is -2.32. The SMILES string of the molecule is COc1ccc(N2C(=O)C(Cl)=C(Nc3ccc(C)c(C)c3)C2=O)cc1. The summed E-state index contributed by atoms with van der Waals surface area (Å²) in [4.78, 5) is 26.2. The maximum atomic E-state index is 12.7. The van der Waals surface area contributed by atoms with Gasteiger partial charge in [0.25, 0.3) is 11.8 Å². The van der Waals surface area contributed by atoms with Crippen LogP contribution in [0.3, 0.4) is 0 Å². The van der Waals surface area contributed by atoms with Crippen molar-refractivity contribution in [1.29, 1.82) is 0 Å². The fourth-order valence-corrected chi connectivity index (χ4v) is 2.75. The van der Waals surface area contributed by atoms with Gasteiger partial charge in [0.1, 0.15) is 16.5 Å². The van der Waals surface area contributed by atoms with Crippen LogP contribution in [-0.2, 0) is 9.59 Å². The van der Waals surface area contributed by atoms with Crippen LogP contribution in [0.2, 0.25) is 0 Å². The quantitative estimate of drug-likeness (QED) is 0.848. The molecule has 1 aliphatic heterocycles. The fourth-order valence-electron chi connectivity index (χ4n) is 2.54. The van der Waals surface area contributed by atoms with E-state index in [1.54, 1.807) is 31.4 Å². The third-order valence-corrected chi connectivity index (χ3v) is 4.48. The summed E-state index contributed by atoms with van der Waals surface area (Å²) in [7, 11) is 1.55. The predicted octanol–water partition coefficient (Wildman–Crippen LogP) is 3.75. The van der Waals surface area contributed by atoms with Gasteiger partial charge >= 0.3 is 0 Å². The zero-order chi connectivity index (χ0) is 18.1. The molecule has 0 saturated carbocycles. The van der Waals surface area contributed by atoms with Crippen molar-refractivity contribution in [3.63, 3.8) is 0 Å². The molecular formula is C19H17ClN2O3. The zero-order valence-electron chi connectivity index (χ0n) is 14.1. The van der Waals surface area contributed by atoms with Gasteiger partial charge in [-0.15, -0.1) is 0 Å². The number of methoxy groups -OCH3 is 1. The molecule has 0 fully saturated rings. The summed E-state index contributed by atoms with van der Waals surface area (Å²) in [5.74, 6) is -0.406. The largest absolute Gasteiger partial charge is 0.497 e. The topological polar surface area (TPSA) is 58.6 Å². The van der Waals surface area contributed by atoms with E-state index in [-0.39, 0.29) is 10.7 Å². The van der Waals surface area contributed by atoms with Gasteiger partial charge in [-0.3, -0.25) is 9.59 Å². The number of imide groups is 1. The Morgan fingerprint density at radius 2 is 1.64 bits per heavy atom. The molecule has 3 rings (SSSR count). The summed E-state index contributed by atoms with van der Waals surface area (Å²) in [6.07, 6.45) is 0. The van der Waals surface area contributed by atoms with Gasteiger partial charge in [-0.25, -0.2) is 4.90 Å². The van der Waals surface area contributed by atoms with E-state index in [4.69, 9.17) is 16.3 Å². The van der Waals surface area contributed by atoms with E-state index >= 15 is 0 Å². The van der Waals surface area contributed by atoms with Crippen LogP contribution in [0.25, 0.3) is 0 Å². The number of nitrogens with zero attached hydrogens (tertiary/aromatic N) is 1. The number of carbonyl (C=O) groups excluding carboxylic acids is 2. The van der Waals surface area contributed by atoms with Gasteiger partial charge in [-0.2, -0.15) is 0 Å². The second-order valence-electron chi connectivity index (χ2n) is 5.76. The number of aryl methyl sites for hydroxylation is 2. The molecule has 1 heterocycles. The molecule has 0 saturated heterocycles. The zero-order valence-corrected chi connectivity index (χ0v) is 14.8. The number of hydrogen-bond acceptors (Lipinski definition) is 4. The Labute approximate surface area is 150 Å². The fraction of sp³-hybridized carbons (Fsp3) is 0.158. The number of anilines is 2. The summed E-state index contributed by atoms with van der Waals surface area (Å²) < 4.78 is 5.09. The lowest BCUT2D eigenvalue weighted by molar-refractivity contribution is -0.120. The molecule has 2 aromatic carbocycles. The Morgan fingerprint density at radius 3 is 2.24 bits per heavy atom. The molecular weight excluding hydrogens is 340 g/mol. The first-order chi connectivity index (χ1) is 11.9. The van der Waals surface area contributed by atoms with Crippen molar-refractivity contribution in [1.82, 2.24) is 0 Å². The minimum Gasteiger partial charge on any atom is -0.497 e. The number of amides is 2. The molecule has 1 N–H and O–H groups in total. The third-order valence-electron chi connectivity index (χ3n) is 4.13. The van der Waals surface area contributed by atoms with Crippen LogP contribution in [0.5, 0.6) is 5.75 Å². The highest BCUT2D eigenvalue weighted by Crippen LogP contribution is 2.31. The first-order valence-corrected chi connectivity index (χ1v) is 8.07. The van der Waals surface area contributed by atoms with E-state index in [1.165, 1.54) is 0 Å². The average Bonchev–Trinajstić information content (AvgIpc) is 2.82. The van der Waals surface area contributed by atoms with Gasteiger partial charge in [-0.05, 0) is 61.4 Å². The second-order valence-corrected chi connectivity index (χ2v) is 6.13. The number of rotatable bonds is 4. The van der Waals surface area contributed by atoms with Gasteiger partial charge in [-0.1, -0.05) is 17.7 Å². The molecule has 0 spiro atoms. The minimum absolute atomic E-state index is 0.0748. The van der Waals surface area contributed by atoms with E-state index in [2.05, 4.69) is 5.32 Å². The summed E-state index contributed by atoms with van der Waals surface area (Å²) in [6, 6.07) is 12.3. The molecule has 2 amide bonds. The van der Waals surface area contributed by atoms with Crippen molar-refractivity contribution in [2.75, 3.05) is 17.3 Å². The van der Waals surface area contributed by atoms with Gasteiger partial charge in [0.05, 0.1) is 12.8 Å². The highest BCUT2D eigenvalue weighted by atomic mass is 35.5. The van der Waals surface area contributed by atoms with Crippen molar-refractivity contribution in [2.24, 2.45) is 0 Å². The van der Waals surface area contributed by atoms with Crippen molar-refractivity contribution in [3.8, 4) is 5.75 Å². The Morgan fingerprint density at radius 1 is 0.960 bits per heavy atom. The first-order valence-electron chi connectivity index (χ1n) is 7.69. The molecule has 2 aromatic rings. The highest BCUT2D eigenvalue weighted by molar-refractivity contribution is 6.53. The van der Waals surface area contributed by atoms with Crippen molar-refractivity contribution >= 4 is 34.8 Å². The second kappa shape index (κ2) is 6.61. The number of carbonyl (C=O) groups is 2. The molecule has 0 radical (unpaired) electrons. The predicted molar refractivity (Wildman–Crippen MR) is 97.9 cm³/mol. The maximum Gasteiger partial charge on any atom is 0.283 e. The molecule has 0 aromatic heterocycles. The first kappa shape index (κ1) is 17.0. The van der Waals surface area contributed by atoms with Crippen LogP contribution in [0.4, 0.5) is 11.4 Å². The molecule has 128 valence electrons. The van der Waals surface area contributed by atoms with Crippen molar-refractivity contribution < 1.29 is 14.3 Å². The minimum atomic E-state index is -0.553. The van der Waals surface area contributed by atoms with E-state index in [1.807, 2.05) is 32.0 Å². The highest BCUT2D eigenvalue weighted by Gasteiger charge is 2.38. The molecule has 5 nitrogen and oxygen atoms in total. The molecule has 25 heavy (non-hydrogen) atoms. The van der Waals surface area contributed by atoms with E-state index in [0.29, 0.717) is 17.1 Å². The standard InChI is InChI=1S/C19H17ClN2O3/c1-11-4-5-13(10-12(11)2)21-17-16(20)18(23)22(19(17)24)14-6-8-15(25-3)9-7-14/h4-10,21H,1-3H3. The summed E-state index contributed by atoms with van der Waals surface area (Å²) in [5.41, 5.74) is 3.43. The lowest BCUT2D eigenvalue weighted by atomic mass is 10.1. The van der Waals surface area contributed by atoms with Crippen molar-refractivity contribution in [3.05, 3.63) is 64.3 Å². The van der Waals surface area contributed by atoms with Crippen LogP contribution >= 0.6 is 11.6 Å². The molecule has 6 heteroatoms. The van der Waals surface area contributed by atoms with E-state index < -0.39 is 11.8 Å². The number of halogens is 1. The smallest absolute Gasteiger partial charge is 0.283 e. The monoisotopic (exact) mass is 356 g/mol. The van der Waals surface area contributed by atoms with E-state index in [0.717, 1.165) is 16.0 Å². The molecule has 0 aliphatic carbocycles. The average molecular weight is 357 g/mol. The van der Waals surface area contributed by atoms with Crippen LogP contribution in [0, 0.1) is 13.8 Å². The normalized spacial score (nSPS) is 14.3. The number of ether oxygens (including phenoxy) is 1. The lowest BCUT2D eigenvalue weighted by Gasteiger charge is -2.15. The number of nitrogens with one attached hydrogen (secondary N) is 1. The van der Waals surface area contributed by atoms with Gasteiger partial charge in [0.15, 0.2) is 0 Å².